The summed E-state index contributed by atoms with van der Waals surface area (Å²) >= 11 is 7.03. The molecule has 0 atom stereocenters. The number of nitrogens with one attached hydrogen (secondary N) is 1. The lowest BCUT2D eigenvalue weighted by molar-refractivity contribution is -0.113. The van der Waals surface area contributed by atoms with Gasteiger partial charge >= 0.3 is 0 Å². The molecule has 0 saturated heterocycles. The van der Waals surface area contributed by atoms with Crippen molar-refractivity contribution in [2.75, 3.05) is 17.7 Å². The number of carbonyl (C=O) groups is 1. The molecule has 0 spiro atoms. The van der Waals surface area contributed by atoms with Crippen LogP contribution in [0, 0.1) is 5.82 Å². The lowest BCUT2D eigenvalue weighted by Gasteiger charge is -2.07. The van der Waals surface area contributed by atoms with Crippen molar-refractivity contribution in [3.63, 3.8) is 0 Å². The Hall–Kier alpha value is -1.72. The summed E-state index contributed by atoms with van der Waals surface area (Å²) in [7, 11) is 0. The van der Waals surface area contributed by atoms with Crippen LogP contribution in [-0.4, -0.2) is 18.3 Å². The Balaban J connectivity index is 1.88. The van der Waals surface area contributed by atoms with Crippen molar-refractivity contribution in [2.45, 2.75) is 11.8 Å². The minimum atomic E-state index is -0.622. The van der Waals surface area contributed by atoms with Gasteiger partial charge in [-0.2, -0.15) is 0 Å². The molecule has 0 unspecified atom stereocenters. The molecule has 22 heavy (non-hydrogen) atoms. The van der Waals surface area contributed by atoms with Crippen LogP contribution in [-0.2, 0) is 4.79 Å². The van der Waals surface area contributed by atoms with Crippen LogP contribution in [0.25, 0.3) is 0 Å². The first-order valence-corrected chi connectivity index (χ1v) is 8.06. The minimum absolute atomic E-state index is 0.0167. The number of amides is 1. The van der Waals surface area contributed by atoms with Crippen molar-refractivity contribution in [2.24, 2.45) is 0 Å². The largest absolute Gasteiger partial charge is 0.494 e. The Morgan fingerprint density at radius 2 is 2.00 bits per heavy atom. The molecule has 0 heterocycles. The van der Waals surface area contributed by atoms with Crippen LogP contribution in [0.2, 0.25) is 5.02 Å². The van der Waals surface area contributed by atoms with Gasteiger partial charge in [0.1, 0.15) is 5.75 Å². The minimum Gasteiger partial charge on any atom is -0.494 e. The molecule has 0 saturated carbocycles. The normalized spacial score (nSPS) is 10.3. The van der Waals surface area contributed by atoms with E-state index in [0.29, 0.717) is 6.61 Å². The molecule has 0 aliphatic rings. The summed E-state index contributed by atoms with van der Waals surface area (Å²) in [5.74, 6) is 0.0564. The highest BCUT2D eigenvalue weighted by atomic mass is 35.5. The lowest BCUT2D eigenvalue weighted by Crippen LogP contribution is -2.15. The molecule has 0 radical (unpaired) electrons. The maximum atomic E-state index is 13.7. The summed E-state index contributed by atoms with van der Waals surface area (Å²) in [6, 6.07) is 11.9. The fourth-order valence-electron chi connectivity index (χ4n) is 1.73. The summed E-state index contributed by atoms with van der Waals surface area (Å²) < 4.78 is 19.0. The molecule has 1 N–H and O–H groups in total. The zero-order chi connectivity index (χ0) is 15.9. The zero-order valence-electron chi connectivity index (χ0n) is 11.9. The van der Waals surface area contributed by atoms with Gasteiger partial charge in [0.15, 0.2) is 5.82 Å². The highest BCUT2D eigenvalue weighted by Crippen LogP contribution is 2.24. The van der Waals surface area contributed by atoms with Gasteiger partial charge in [-0.05, 0) is 43.3 Å². The van der Waals surface area contributed by atoms with E-state index in [2.05, 4.69) is 5.32 Å². The number of benzene rings is 2. The summed E-state index contributed by atoms with van der Waals surface area (Å²) in [6.45, 7) is 2.53. The van der Waals surface area contributed by atoms with E-state index in [1.54, 1.807) is 6.07 Å². The van der Waals surface area contributed by atoms with Gasteiger partial charge in [-0.15, -0.1) is 11.8 Å². The van der Waals surface area contributed by atoms with Gasteiger partial charge in [-0.25, -0.2) is 4.39 Å². The van der Waals surface area contributed by atoms with Crippen LogP contribution in [0.5, 0.6) is 5.75 Å². The van der Waals surface area contributed by atoms with Gasteiger partial charge in [-0.1, -0.05) is 17.7 Å². The Labute approximate surface area is 137 Å². The highest BCUT2D eigenvalue weighted by molar-refractivity contribution is 8.00. The number of hydrogen-bond acceptors (Lipinski definition) is 3. The first kappa shape index (κ1) is 16.6. The van der Waals surface area contributed by atoms with Gasteiger partial charge in [0.25, 0.3) is 0 Å². The van der Waals surface area contributed by atoms with Gasteiger partial charge in [0, 0.05) is 4.90 Å². The topological polar surface area (TPSA) is 38.3 Å². The second-order valence-electron chi connectivity index (χ2n) is 4.34. The van der Waals surface area contributed by atoms with Crippen LogP contribution >= 0.6 is 23.4 Å². The predicted octanol–water partition coefficient (Wildman–Crippen LogP) is 4.61. The highest BCUT2D eigenvalue weighted by Gasteiger charge is 2.10. The van der Waals surface area contributed by atoms with Crippen LogP contribution in [0.1, 0.15) is 6.92 Å². The molecule has 0 bridgehead atoms. The number of thioether (sulfide) groups is 1. The molecule has 3 nitrogen and oxygen atoms in total. The van der Waals surface area contributed by atoms with Crippen molar-refractivity contribution >= 4 is 35.0 Å². The molecule has 0 fully saturated rings. The fourth-order valence-corrected chi connectivity index (χ4v) is 2.61. The van der Waals surface area contributed by atoms with Gasteiger partial charge in [-0.3, -0.25) is 4.79 Å². The Kier molecular flexibility index (Phi) is 6.10. The standard InChI is InChI=1S/C16H15ClFNO2S/c1-2-21-11-6-8-12(9-7-11)22-10-15(20)19-14-5-3-4-13(17)16(14)18/h3-9H,2,10H2,1H3,(H,19,20). The first-order chi connectivity index (χ1) is 10.6. The number of ether oxygens (including phenoxy) is 1. The summed E-state index contributed by atoms with van der Waals surface area (Å²) in [6.07, 6.45) is 0. The van der Waals surface area contributed by atoms with Crippen molar-refractivity contribution in [3.8, 4) is 5.75 Å². The lowest BCUT2D eigenvalue weighted by atomic mass is 10.3. The van der Waals surface area contributed by atoms with E-state index in [4.69, 9.17) is 16.3 Å². The second kappa shape index (κ2) is 8.06. The van der Waals surface area contributed by atoms with Gasteiger partial charge < -0.3 is 10.1 Å². The van der Waals surface area contributed by atoms with Gasteiger partial charge in [0.05, 0.1) is 23.1 Å². The monoisotopic (exact) mass is 339 g/mol. The molecule has 2 aromatic carbocycles. The molecular formula is C16H15ClFNO2S. The molecule has 6 heteroatoms. The molecule has 0 aliphatic heterocycles. The van der Waals surface area contributed by atoms with E-state index < -0.39 is 5.82 Å². The molecule has 0 aliphatic carbocycles. The third-order valence-corrected chi connectivity index (χ3v) is 4.03. The zero-order valence-corrected chi connectivity index (χ0v) is 13.5. The summed E-state index contributed by atoms with van der Waals surface area (Å²) in [4.78, 5) is 12.8. The smallest absolute Gasteiger partial charge is 0.234 e. The van der Waals surface area contributed by atoms with E-state index in [0.717, 1.165) is 10.6 Å². The number of carbonyl (C=O) groups excluding carboxylic acids is 1. The average molecular weight is 340 g/mol. The van der Waals surface area contributed by atoms with Crippen molar-refractivity contribution in [1.82, 2.24) is 0 Å². The van der Waals surface area contributed by atoms with E-state index in [-0.39, 0.29) is 22.4 Å². The molecule has 0 aromatic heterocycles. The molecule has 2 rings (SSSR count). The number of rotatable bonds is 6. The van der Waals surface area contributed by atoms with E-state index in [1.165, 1.54) is 23.9 Å². The molecule has 116 valence electrons. The van der Waals surface area contributed by atoms with Crippen molar-refractivity contribution in [1.29, 1.82) is 0 Å². The SMILES string of the molecule is CCOc1ccc(SCC(=O)Nc2cccc(Cl)c2F)cc1. The quantitative estimate of drug-likeness (QED) is 0.781. The van der Waals surface area contributed by atoms with Crippen molar-refractivity contribution in [3.05, 3.63) is 53.3 Å². The van der Waals surface area contributed by atoms with Crippen LogP contribution in [0.15, 0.2) is 47.4 Å². The maximum absolute atomic E-state index is 13.7. The molecular weight excluding hydrogens is 325 g/mol. The van der Waals surface area contributed by atoms with E-state index >= 15 is 0 Å². The Morgan fingerprint density at radius 1 is 1.27 bits per heavy atom. The molecule has 2 aromatic rings. The average Bonchev–Trinajstić information content (AvgIpc) is 2.51. The Morgan fingerprint density at radius 3 is 2.68 bits per heavy atom. The van der Waals surface area contributed by atoms with E-state index in [9.17, 15) is 9.18 Å². The van der Waals surface area contributed by atoms with Crippen LogP contribution < -0.4 is 10.1 Å². The predicted molar refractivity (Wildman–Crippen MR) is 88.4 cm³/mol. The van der Waals surface area contributed by atoms with Crippen LogP contribution in [0.4, 0.5) is 10.1 Å². The third kappa shape index (κ3) is 4.64. The second-order valence-corrected chi connectivity index (χ2v) is 5.80. The van der Waals surface area contributed by atoms with E-state index in [1.807, 2.05) is 31.2 Å². The first-order valence-electron chi connectivity index (χ1n) is 6.69. The maximum Gasteiger partial charge on any atom is 0.234 e. The van der Waals surface area contributed by atoms with Crippen LogP contribution in [0.3, 0.4) is 0 Å². The number of halogens is 2. The number of hydrogen-bond donors (Lipinski definition) is 1. The molecule has 1 amide bonds. The number of anilines is 1. The Bertz CT molecular complexity index is 649. The van der Waals surface area contributed by atoms with Crippen molar-refractivity contribution < 1.29 is 13.9 Å². The fraction of sp³-hybridized carbons (Fsp3) is 0.188. The third-order valence-electron chi connectivity index (χ3n) is 2.73. The summed E-state index contributed by atoms with van der Waals surface area (Å²) in [5.41, 5.74) is 0.0878. The van der Waals surface area contributed by atoms with Gasteiger partial charge in [0.2, 0.25) is 5.91 Å². The summed E-state index contributed by atoms with van der Waals surface area (Å²) in [5, 5.41) is 2.49.